The van der Waals surface area contributed by atoms with Crippen LogP contribution in [-0.2, 0) is 0 Å². The van der Waals surface area contributed by atoms with Gasteiger partial charge in [0.25, 0.3) is 0 Å². The van der Waals surface area contributed by atoms with E-state index >= 15 is 0 Å². The van der Waals surface area contributed by atoms with E-state index in [0.717, 1.165) is 12.8 Å². The molecule has 1 N–H and O–H groups in total. The van der Waals surface area contributed by atoms with Crippen molar-refractivity contribution in [2.75, 3.05) is 7.05 Å². The van der Waals surface area contributed by atoms with Gasteiger partial charge in [-0.15, -0.1) is 0 Å². The number of nitrogens with zero attached hydrogens (tertiary/aromatic N) is 1. The van der Waals surface area contributed by atoms with Gasteiger partial charge in [-0.1, -0.05) is 6.42 Å². The van der Waals surface area contributed by atoms with Gasteiger partial charge in [0.1, 0.15) is 0 Å². The van der Waals surface area contributed by atoms with E-state index in [1.54, 1.807) is 0 Å². The van der Waals surface area contributed by atoms with E-state index in [1.807, 2.05) is 7.05 Å². The SMILES string of the molecule is CN[C@H]1CCC[C@H](C#N)C1. The van der Waals surface area contributed by atoms with Crippen molar-refractivity contribution in [1.29, 1.82) is 5.26 Å². The van der Waals surface area contributed by atoms with Crippen LogP contribution < -0.4 is 5.32 Å². The monoisotopic (exact) mass is 138 g/mol. The summed E-state index contributed by atoms with van der Waals surface area (Å²) in [6, 6.07) is 2.92. The summed E-state index contributed by atoms with van der Waals surface area (Å²) in [5.41, 5.74) is 0. The molecule has 0 aliphatic heterocycles. The highest BCUT2D eigenvalue weighted by Gasteiger charge is 2.19. The Kier molecular flexibility index (Phi) is 2.70. The average molecular weight is 138 g/mol. The zero-order valence-electron chi connectivity index (χ0n) is 6.43. The standard InChI is InChI=1S/C8H14N2/c1-10-8-4-2-3-7(5-8)6-9/h7-8,10H,2-5H2,1H3/t7-,8-/m0/s1. The molecule has 1 fully saturated rings. The first-order valence-corrected chi connectivity index (χ1v) is 3.93. The second-order valence-electron chi connectivity index (χ2n) is 2.98. The number of nitriles is 1. The van der Waals surface area contributed by atoms with E-state index in [2.05, 4.69) is 11.4 Å². The third kappa shape index (κ3) is 1.71. The molecular weight excluding hydrogens is 124 g/mol. The van der Waals surface area contributed by atoms with Crippen LogP contribution >= 0.6 is 0 Å². The van der Waals surface area contributed by atoms with Crippen molar-refractivity contribution in [2.45, 2.75) is 31.7 Å². The molecule has 56 valence electrons. The quantitative estimate of drug-likeness (QED) is 0.592. The fraction of sp³-hybridized carbons (Fsp3) is 0.875. The summed E-state index contributed by atoms with van der Waals surface area (Å²) in [5.74, 6) is 0.311. The predicted molar refractivity (Wildman–Crippen MR) is 40.4 cm³/mol. The van der Waals surface area contributed by atoms with Gasteiger partial charge >= 0.3 is 0 Å². The lowest BCUT2D eigenvalue weighted by molar-refractivity contribution is 0.343. The summed E-state index contributed by atoms with van der Waals surface area (Å²) < 4.78 is 0. The molecule has 1 saturated carbocycles. The van der Waals surface area contributed by atoms with Gasteiger partial charge in [-0.3, -0.25) is 0 Å². The van der Waals surface area contributed by atoms with E-state index < -0.39 is 0 Å². The minimum absolute atomic E-state index is 0.311. The van der Waals surface area contributed by atoms with Crippen molar-refractivity contribution in [1.82, 2.24) is 5.32 Å². The van der Waals surface area contributed by atoms with Crippen molar-refractivity contribution in [3.8, 4) is 6.07 Å². The maximum atomic E-state index is 8.63. The van der Waals surface area contributed by atoms with Gasteiger partial charge in [-0.05, 0) is 26.3 Å². The molecule has 0 unspecified atom stereocenters. The molecule has 2 heteroatoms. The van der Waals surface area contributed by atoms with E-state index in [-0.39, 0.29) is 0 Å². The van der Waals surface area contributed by atoms with Crippen LogP contribution in [0.3, 0.4) is 0 Å². The summed E-state index contributed by atoms with van der Waals surface area (Å²) in [4.78, 5) is 0. The van der Waals surface area contributed by atoms with Gasteiger partial charge in [-0.25, -0.2) is 0 Å². The molecule has 0 spiro atoms. The Morgan fingerprint density at radius 2 is 2.30 bits per heavy atom. The zero-order valence-corrected chi connectivity index (χ0v) is 6.43. The van der Waals surface area contributed by atoms with Gasteiger partial charge in [0.15, 0.2) is 0 Å². The minimum Gasteiger partial charge on any atom is -0.317 e. The second kappa shape index (κ2) is 3.58. The summed E-state index contributed by atoms with van der Waals surface area (Å²) in [7, 11) is 1.98. The maximum absolute atomic E-state index is 8.63. The summed E-state index contributed by atoms with van der Waals surface area (Å²) in [6.45, 7) is 0. The Morgan fingerprint density at radius 1 is 1.50 bits per heavy atom. The molecule has 10 heavy (non-hydrogen) atoms. The predicted octanol–water partition coefficient (Wildman–Crippen LogP) is 1.29. The van der Waals surface area contributed by atoms with Crippen LogP contribution in [0.2, 0.25) is 0 Å². The highest BCUT2D eigenvalue weighted by Crippen LogP contribution is 2.22. The van der Waals surface area contributed by atoms with Crippen LogP contribution in [0.5, 0.6) is 0 Å². The van der Waals surface area contributed by atoms with E-state index in [9.17, 15) is 0 Å². The number of rotatable bonds is 1. The fourth-order valence-electron chi connectivity index (χ4n) is 1.57. The zero-order chi connectivity index (χ0) is 7.40. The van der Waals surface area contributed by atoms with E-state index in [0.29, 0.717) is 12.0 Å². The van der Waals surface area contributed by atoms with Crippen molar-refractivity contribution < 1.29 is 0 Å². The lowest BCUT2D eigenvalue weighted by atomic mass is 9.87. The number of nitrogens with one attached hydrogen (secondary N) is 1. The molecule has 1 aliphatic rings. The Balaban J connectivity index is 2.33. The highest BCUT2D eigenvalue weighted by atomic mass is 14.9. The molecule has 0 aromatic carbocycles. The molecule has 2 nitrogen and oxygen atoms in total. The Morgan fingerprint density at radius 3 is 2.90 bits per heavy atom. The normalized spacial score (nSPS) is 33.2. The molecule has 0 radical (unpaired) electrons. The summed E-state index contributed by atoms with van der Waals surface area (Å²) >= 11 is 0. The third-order valence-electron chi connectivity index (χ3n) is 2.27. The lowest BCUT2D eigenvalue weighted by Crippen LogP contribution is -2.30. The van der Waals surface area contributed by atoms with Gasteiger partial charge in [-0.2, -0.15) is 5.26 Å². The first kappa shape index (κ1) is 7.56. The third-order valence-corrected chi connectivity index (χ3v) is 2.27. The Hall–Kier alpha value is -0.550. The summed E-state index contributed by atoms with van der Waals surface area (Å²) in [6.07, 6.45) is 4.61. The van der Waals surface area contributed by atoms with Crippen molar-refractivity contribution in [2.24, 2.45) is 5.92 Å². The summed E-state index contributed by atoms with van der Waals surface area (Å²) in [5, 5.41) is 11.8. The fourth-order valence-corrected chi connectivity index (χ4v) is 1.57. The van der Waals surface area contributed by atoms with Crippen molar-refractivity contribution in [3.63, 3.8) is 0 Å². The molecule has 0 aromatic heterocycles. The van der Waals surface area contributed by atoms with Crippen LogP contribution in [0.4, 0.5) is 0 Å². The Bertz CT molecular complexity index is 137. The van der Waals surface area contributed by atoms with Gasteiger partial charge in [0.05, 0.1) is 6.07 Å². The molecule has 1 rings (SSSR count). The Labute approximate surface area is 62.2 Å². The minimum atomic E-state index is 0.311. The van der Waals surface area contributed by atoms with Gasteiger partial charge in [0.2, 0.25) is 0 Å². The topological polar surface area (TPSA) is 35.8 Å². The molecule has 0 saturated heterocycles. The molecular formula is C8H14N2. The maximum Gasteiger partial charge on any atom is 0.0656 e. The number of hydrogen-bond donors (Lipinski definition) is 1. The van der Waals surface area contributed by atoms with Gasteiger partial charge in [0, 0.05) is 12.0 Å². The molecule has 0 amide bonds. The smallest absolute Gasteiger partial charge is 0.0656 e. The molecule has 0 aromatic rings. The van der Waals surface area contributed by atoms with Crippen LogP contribution in [-0.4, -0.2) is 13.1 Å². The average Bonchev–Trinajstić information content (AvgIpc) is 2.05. The molecule has 2 atom stereocenters. The largest absolute Gasteiger partial charge is 0.317 e. The van der Waals surface area contributed by atoms with Crippen LogP contribution in [0, 0.1) is 17.2 Å². The second-order valence-corrected chi connectivity index (χ2v) is 2.98. The van der Waals surface area contributed by atoms with Crippen molar-refractivity contribution in [3.05, 3.63) is 0 Å². The van der Waals surface area contributed by atoms with E-state index in [4.69, 9.17) is 5.26 Å². The van der Waals surface area contributed by atoms with Gasteiger partial charge < -0.3 is 5.32 Å². The van der Waals surface area contributed by atoms with Crippen LogP contribution in [0.15, 0.2) is 0 Å². The van der Waals surface area contributed by atoms with Crippen molar-refractivity contribution >= 4 is 0 Å². The molecule has 0 heterocycles. The lowest BCUT2D eigenvalue weighted by Gasteiger charge is -2.24. The first-order chi connectivity index (χ1) is 4.86. The molecule has 0 bridgehead atoms. The molecule has 1 aliphatic carbocycles. The van der Waals surface area contributed by atoms with Crippen LogP contribution in [0.25, 0.3) is 0 Å². The van der Waals surface area contributed by atoms with Crippen LogP contribution in [0.1, 0.15) is 25.7 Å². The van der Waals surface area contributed by atoms with E-state index in [1.165, 1.54) is 12.8 Å². The number of hydrogen-bond acceptors (Lipinski definition) is 2. The first-order valence-electron chi connectivity index (χ1n) is 3.93. The highest BCUT2D eigenvalue weighted by molar-refractivity contribution is 4.89.